The van der Waals surface area contributed by atoms with Crippen LogP contribution in [0.2, 0.25) is 0 Å². The summed E-state index contributed by atoms with van der Waals surface area (Å²) in [6, 6.07) is 8.53. The minimum atomic E-state index is -0.661. The molecule has 3 rings (SSSR count). The van der Waals surface area contributed by atoms with E-state index in [0.717, 1.165) is 5.56 Å². The van der Waals surface area contributed by atoms with Crippen LogP contribution in [-0.2, 0) is 11.3 Å². The molecule has 0 aliphatic carbocycles. The number of amides is 2. The Hall–Kier alpha value is -3.75. The molecule has 9 heteroatoms. The maximum Gasteiger partial charge on any atom is 0.327 e. The first-order chi connectivity index (χ1) is 13.4. The van der Waals surface area contributed by atoms with Crippen LogP contribution in [0.25, 0.3) is 11.0 Å². The van der Waals surface area contributed by atoms with E-state index in [1.54, 1.807) is 23.1 Å². The van der Waals surface area contributed by atoms with Crippen LogP contribution in [0.15, 0.2) is 46.1 Å². The lowest BCUT2D eigenvalue weighted by Gasteiger charge is -2.19. The normalized spacial score (nSPS) is 10.6. The first-order valence-electron chi connectivity index (χ1n) is 8.65. The standard InChI is InChI=1S/C19H19N5O4/c1-3-24(11(2)25)10-12-5-4-6-14(7-12)21-17(26)13-8-15-16(20-9-13)22-19(28)23-18(15)27/h4-9H,3,10H2,1-2H3,(H,21,26)(H2,20,22,23,27,28). The summed E-state index contributed by atoms with van der Waals surface area (Å²) >= 11 is 0. The van der Waals surface area contributed by atoms with Crippen molar-refractivity contribution in [2.24, 2.45) is 0 Å². The highest BCUT2D eigenvalue weighted by Gasteiger charge is 2.12. The molecule has 0 aliphatic rings. The van der Waals surface area contributed by atoms with Gasteiger partial charge in [-0.2, -0.15) is 0 Å². The van der Waals surface area contributed by atoms with Crippen LogP contribution in [0.3, 0.4) is 0 Å². The Morgan fingerprint density at radius 2 is 1.96 bits per heavy atom. The van der Waals surface area contributed by atoms with E-state index in [0.29, 0.717) is 18.8 Å². The number of aromatic nitrogens is 3. The van der Waals surface area contributed by atoms with Gasteiger partial charge < -0.3 is 10.2 Å². The fourth-order valence-corrected chi connectivity index (χ4v) is 2.79. The number of benzene rings is 1. The van der Waals surface area contributed by atoms with Crippen molar-refractivity contribution < 1.29 is 9.59 Å². The number of rotatable bonds is 5. The highest BCUT2D eigenvalue weighted by Crippen LogP contribution is 2.15. The minimum Gasteiger partial charge on any atom is -0.339 e. The molecular formula is C19H19N5O4. The van der Waals surface area contributed by atoms with Crippen LogP contribution < -0.4 is 16.6 Å². The zero-order valence-corrected chi connectivity index (χ0v) is 15.4. The van der Waals surface area contributed by atoms with Gasteiger partial charge in [-0.05, 0) is 30.7 Å². The summed E-state index contributed by atoms with van der Waals surface area (Å²) in [6.45, 7) is 4.44. The molecular weight excluding hydrogens is 362 g/mol. The summed E-state index contributed by atoms with van der Waals surface area (Å²) < 4.78 is 0. The molecule has 1 aromatic carbocycles. The van der Waals surface area contributed by atoms with E-state index in [1.807, 2.05) is 13.0 Å². The number of anilines is 1. The molecule has 0 unspecified atom stereocenters. The van der Waals surface area contributed by atoms with Crippen molar-refractivity contribution in [1.29, 1.82) is 0 Å². The van der Waals surface area contributed by atoms with Crippen LogP contribution in [0.4, 0.5) is 5.69 Å². The number of hydrogen-bond acceptors (Lipinski definition) is 5. The molecule has 2 heterocycles. The number of fused-ring (bicyclic) bond motifs is 1. The van der Waals surface area contributed by atoms with Gasteiger partial charge in [0.2, 0.25) is 5.91 Å². The third kappa shape index (κ3) is 4.14. The van der Waals surface area contributed by atoms with E-state index in [2.05, 4.69) is 20.3 Å². The van der Waals surface area contributed by atoms with Gasteiger partial charge in [-0.25, -0.2) is 9.78 Å². The molecule has 3 N–H and O–H groups in total. The lowest BCUT2D eigenvalue weighted by atomic mass is 10.1. The van der Waals surface area contributed by atoms with Gasteiger partial charge in [0.05, 0.1) is 10.9 Å². The molecule has 144 valence electrons. The summed E-state index contributed by atoms with van der Waals surface area (Å²) in [4.78, 5) is 57.4. The Bertz CT molecular complexity index is 1160. The average molecular weight is 381 g/mol. The Morgan fingerprint density at radius 1 is 1.18 bits per heavy atom. The van der Waals surface area contributed by atoms with E-state index in [4.69, 9.17) is 0 Å². The Labute approximate surface area is 159 Å². The fraction of sp³-hybridized carbons (Fsp3) is 0.211. The Balaban J connectivity index is 1.82. The van der Waals surface area contributed by atoms with Gasteiger partial charge in [-0.15, -0.1) is 0 Å². The van der Waals surface area contributed by atoms with E-state index in [1.165, 1.54) is 19.2 Å². The number of nitrogens with zero attached hydrogens (tertiary/aromatic N) is 2. The molecule has 3 aromatic rings. The van der Waals surface area contributed by atoms with Crippen molar-refractivity contribution in [3.8, 4) is 0 Å². The second kappa shape index (κ2) is 7.87. The number of carbonyl (C=O) groups excluding carboxylic acids is 2. The molecule has 2 amide bonds. The second-order valence-corrected chi connectivity index (χ2v) is 6.22. The largest absolute Gasteiger partial charge is 0.339 e. The third-order valence-corrected chi connectivity index (χ3v) is 4.24. The molecule has 28 heavy (non-hydrogen) atoms. The molecule has 9 nitrogen and oxygen atoms in total. The Kier molecular flexibility index (Phi) is 5.35. The lowest BCUT2D eigenvalue weighted by Crippen LogP contribution is -2.27. The zero-order chi connectivity index (χ0) is 20.3. The van der Waals surface area contributed by atoms with Crippen LogP contribution in [0.1, 0.15) is 29.8 Å². The molecule has 0 spiro atoms. The van der Waals surface area contributed by atoms with Crippen LogP contribution in [-0.4, -0.2) is 38.2 Å². The number of aromatic amines is 2. The zero-order valence-electron chi connectivity index (χ0n) is 15.4. The third-order valence-electron chi connectivity index (χ3n) is 4.24. The van der Waals surface area contributed by atoms with Crippen molar-refractivity contribution in [3.63, 3.8) is 0 Å². The van der Waals surface area contributed by atoms with Crippen LogP contribution in [0.5, 0.6) is 0 Å². The molecule has 0 bridgehead atoms. The quantitative estimate of drug-likeness (QED) is 0.612. The van der Waals surface area contributed by atoms with Crippen molar-refractivity contribution in [1.82, 2.24) is 19.9 Å². The van der Waals surface area contributed by atoms with E-state index >= 15 is 0 Å². The van der Waals surface area contributed by atoms with Gasteiger partial charge in [0.15, 0.2) is 0 Å². The summed E-state index contributed by atoms with van der Waals surface area (Å²) in [5, 5.41) is 2.86. The van der Waals surface area contributed by atoms with Gasteiger partial charge >= 0.3 is 5.69 Å². The number of nitrogens with one attached hydrogen (secondary N) is 3. The summed E-state index contributed by atoms with van der Waals surface area (Å²) in [7, 11) is 0. The first-order valence-corrected chi connectivity index (χ1v) is 8.65. The van der Waals surface area contributed by atoms with Gasteiger partial charge in [-0.3, -0.25) is 24.4 Å². The molecule has 0 radical (unpaired) electrons. The Morgan fingerprint density at radius 3 is 2.68 bits per heavy atom. The molecule has 0 fully saturated rings. The van der Waals surface area contributed by atoms with Crippen molar-refractivity contribution in [2.45, 2.75) is 20.4 Å². The van der Waals surface area contributed by atoms with Crippen molar-refractivity contribution >= 4 is 28.5 Å². The first kappa shape index (κ1) is 19.0. The van der Waals surface area contributed by atoms with Gasteiger partial charge in [0, 0.05) is 31.9 Å². The fourth-order valence-electron chi connectivity index (χ4n) is 2.79. The van der Waals surface area contributed by atoms with Gasteiger partial charge in [0.1, 0.15) is 5.65 Å². The smallest absolute Gasteiger partial charge is 0.327 e. The van der Waals surface area contributed by atoms with E-state index < -0.39 is 17.2 Å². The molecule has 0 saturated carbocycles. The minimum absolute atomic E-state index is 0.0255. The topological polar surface area (TPSA) is 128 Å². The maximum absolute atomic E-state index is 12.5. The molecule has 0 saturated heterocycles. The molecule has 0 aliphatic heterocycles. The van der Waals surface area contributed by atoms with Crippen LogP contribution in [0, 0.1) is 0 Å². The summed E-state index contributed by atoms with van der Waals surface area (Å²) in [5.41, 5.74) is 0.432. The SMILES string of the molecule is CCN(Cc1cccc(NC(=O)c2cnc3[nH]c(=O)[nH]c(=O)c3c2)c1)C(C)=O. The summed E-state index contributed by atoms with van der Waals surface area (Å²) in [5.74, 6) is -0.474. The number of H-pyrrole nitrogens is 2. The van der Waals surface area contributed by atoms with Crippen LogP contribution >= 0.6 is 0 Å². The van der Waals surface area contributed by atoms with Crippen molar-refractivity contribution in [2.75, 3.05) is 11.9 Å². The highest BCUT2D eigenvalue weighted by atomic mass is 16.2. The highest BCUT2D eigenvalue weighted by molar-refractivity contribution is 6.05. The summed E-state index contributed by atoms with van der Waals surface area (Å²) in [6.07, 6.45) is 1.28. The molecule has 0 atom stereocenters. The van der Waals surface area contributed by atoms with Crippen molar-refractivity contribution in [3.05, 3.63) is 68.5 Å². The number of pyridine rings is 1. The van der Waals surface area contributed by atoms with Gasteiger partial charge in [-0.1, -0.05) is 12.1 Å². The predicted molar refractivity (Wildman–Crippen MR) is 104 cm³/mol. The second-order valence-electron chi connectivity index (χ2n) is 6.22. The average Bonchev–Trinajstić information content (AvgIpc) is 2.65. The van der Waals surface area contributed by atoms with Gasteiger partial charge in [0.25, 0.3) is 11.5 Å². The predicted octanol–water partition coefficient (Wildman–Crippen LogP) is 1.23. The van der Waals surface area contributed by atoms with E-state index in [-0.39, 0.29) is 22.5 Å². The number of hydrogen-bond donors (Lipinski definition) is 3. The number of carbonyl (C=O) groups is 2. The maximum atomic E-state index is 12.5. The van der Waals surface area contributed by atoms with E-state index in [9.17, 15) is 19.2 Å². The monoisotopic (exact) mass is 381 g/mol. The lowest BCUT2D eigenvalue weighted by molar-refractivity contribution is -0.129. The molecule has 2 aromatic heterocycles.